The van der Waals surface area contributed by atoms with Gasteiger partial charge in [0.1, 0.15) is 21.2 Å². The number of esters is 3. The van der Waals surface area contributed by atoms with E-state index in [1.165, 1.54) is 43.6 Å². The van der Waals surface area contributed by atoms with E-state index >= 15 is 0 Å². The Labute approximate surface area is 194 Å². The topological polar surface area (TPSA) is 134 Å². The van der Waals surface area contributed by atoms with E-state index < -0.39 is 23.8 Å². The second kappa shape index (κ2) is 10.5. The molecule has 1 amide bonds. The molecule has 1 N–H and O–H groups in total. The van der Waals surface area contributed by atoms with Crippen molar-refractivity contribution in [1.29, 1.82) is 0 Å². The second-order valence-electron chi connectivity index (χ2n) is 6.00. The van der Waals surface area contributed by atoms with Crippen LogP contribution in [-0.4, -0.2) is 60.9 Å². The van der Waals surface area contributed by atoms with Gasteiger partial charge < -0.3 is 19.5 Å². The van der Waals surface area contributed by atoms with Gasteiger partial charge in [-0.25, -0.2) is 19.6 Å². The Bertz CT molecular complexity index is 1190. The molecule has 0 radical (unpaired) electrons. The number of hydrogen-bond acceptors (Lipinski definition) is 12. The highest BCUT2D eigenvalue weighted by molar-refractivity contribution is 8.00. The van der Waals surface area contributed by atoms with Gasteiger partial charge in [0.15, 0.2) is 0 Å². The van der Waals surface area contributed by atoms with E-state index in [1.807, 2.05) is 11.4 Å². The van der Waals surface area contributed by atoms with Crippen molar-refractivity contribution >= 4 is 73.5 Å². The minimum absolute atomic E-state index is 0.00246. The van der Waals surface area contributed by atoms with Crippen LogP contribution in [0.1, 0.15) is 25.6 Å². The number of carbonyl (C=O) groups is 4. The summed E-state index contributed by atoms with van der Waals surface area (Å²) in [7, 11) is 3.51. The van der Waals surface area contributed by atoms with Gasteiger partial charge in [-0.15, -0.1) is 22.7 Å². The minimum atomic E-state index is -0.811. The number of rotatable bonds is 8. The average Bonchev–Trinajstić information content (AvgIpc) is 3.41. The summed E-state index contributed by atoms with van der Waals surface area (Å²) in [4.78, 5) is 57.5. The van der Waals surface area contributed by atoms with Crippen molar-refractivity contribution in [2.24, 2.45) is 0 Å². The molecule has 0 bridgehead atoms. The Morgan fingerprint density at radius 1 is 1.06 bits per heavy atom. The molecule has 32 heavy (non-hydrogen) atoms. The molecule has 0 saturated carbocycles. The maximum atomic E-state index is 12.6. The average molecular weight is 496 g/mol. The molecule has 3 aromatic heterocycles. The number of fused-ring (bicyclic) bond motifs is 1. The molecule has 0 fully saturated rings. The Morgan fingerprint density at radius 2 is 1.81 bits per heavy atom. The normalized spacial score (nSPS) is 10.6. The Kier molecular flexibility index (Phi) is 7.77. The summed E-state index contributed by atoms with van der Waals surface area (Å²) in [5.41, 5.74) is 0.762. The molecule has 0 aromatic carbocycles. The largest absolute Gasteiger partial charge is 0.469 e. The van der Waals surface area contributed by atoms with Crippen molar-refractivity contribution in [1.82, 2.24) is 9.97 Å². The van der Waals surface area contributed by atoms with Gasteiger partial charge in [0.2, 0.25) is 5.91 Å². The van der Waals surface area contributed by atoms with Crippen molar-refractivity contribution in [2.75, 3.05) is 32.4 Å². The molecule has 13 heteroatoms. The third-order valence-electron chi connectivity index (χ3n) is 4.12. The number of aromatic nitrogens is 2. The lowest BCUT2D eigenvalue weighted by molar-refractivity contribution is -0.139. The van der Waals surface area contributed by atoms with Crippen molar-refractivity contribution in [3.63, 3.8) is 0 Å². The second-order valence-corrected chi connectivity index (χ2v) is 8.90. The number of anilines is 1. The van der Waals surface area contributed by atoms with Crippen LogP contribution in [0.5, 0.6) is 0 Å². The van der Waals surface area contributed by atoms with Crippen LogP contribution < -0.4 is 5.32 Å². The van der Waals surface area contributed by atoms with Crippen LogP contribution in [0, 0.1) is 0 Å². The molecule has 168 valence electrons. The number of ether oxygens (including phenoxy) is 3. The molecule has 0 aliphatic heterocycles. The van der Waals surface area contributed by atoms with Crippen molar-refractivity contribution in [2.45, 2.75) is 11.4 Å². The van der Waals surface area contributed by atoms with E-state index in [0.717, 1.165) is 28.7 Å². The summed E-state index contributed by atoms with van der Waals surface area (Å²) in [5.74, 6) is -2.69. The van der Waals surface area contributed by atoms with Crippen LogP contribution >= 0.6 is 34.4 Å². The maximum absolute atomic E-state index is 12.6. The van der Waals surface area contributed by atoms with Gasteiger partial charge in [0.05, 0.1) is 49.3 Å². The fraction of sp³-hybridized carbons (Fsp3) is 0.263. The molecular weight excluding hydrogens is 478 g/mol. The summed E-state index contributed by atoms with van der Waals surface area (Å²) >= 11 is 3.49. The van der Waals surface area contributed by atoms with E-state index in [9.17, 15) is 19.2 Å². The monoisotopic (exact) mass is 495 g/mol. The van der Waals surface area contributed by atoms with Gasteiger partial charge in [0, 0.05) is 5.56 Å². The predicted octanol–water partition coefficient (Wildman–Crippen LogP) is 2.77. The molecule has 0 saturated heterocycles. The van der Waals surface area contributed by atoms with E-state index in [1.54, 1.807) is 0 Å². The first-order valence-electron chi connectivity index (χ1n) is 8.89. The molecule has 0 unspecified atom stereocenters. The van der Waals surface area contributed by atoms with Crippen LogP contribution in [0.15, 0.2) is 22.8 Å². The number of methoxy groups -OCH3 is 3. The van der Waals surface area contributed by atoms with Crippen LogP contribution in [0.4, 0.5) is 5.00 Å². The lowest BCUT2D eigenvalue weighted by Gasteiger charge is -2.07. The fourth-order valence-corrected chi connectivity index (χ4v) is 5.57. The van der Waals surface area contributed by atoms with Gasteiger partial charge >= 0.3 is 17.9 Å². The number of nitrogens with one attached hydrogen (secondary N) is 1. The molecular formula is C19H17N3O7S3. The molecule has 3 rings (SSSR count). The Hall–Kier alpha value is -3.03. The summed E-state index contributed by atoms with van der Waals surface area (Å²) < 4.78 is 15.1. The van der Waals surface area contributed by atoms with Crippen LogP contribution in [0.3, 0.4) is 0 Å². The summed E-state index contributed by atoms with van der Waals surface area (Å²) in [6.45, 7) is 0. The first-order valence-corrected chi connectivity index (χ1v) is 11.6. The zero-order chi connectivity index (χ0) is 23.3. The molecule has 3 heterocycles. The molecule has 10 nitrogen and oxygen atoms in total. The summed E-state index contributed by atoms with van der Waals surface area (Å²) in [6, 6.07) is 1.86. The first kappa shape index (κ1) is 23.6. The van der Waals surface area contributed by atoms with E-state index in [4.69, 9.17) is 9.47 Å². The Morgan fingerprint density at radius 3 is 2.50 bits per heavy atom. The SMILES string of the molecule is COC(=O)Cc1c(C(=O)OC)sc(NC(=O)CSc2ncnc3ccsc23)c1C(=O)OC. The molecule has 0 aliphatic carbocycles. The number of carbonyl (C=O) groups excluding carboxylic acids is 4. The minimum Gasteiger partial charge on any atom is -0.469 e. The van der Waals surface area contributed by atoms with E-state index in [0.29, 0.717) is 5.03 Å². The molecule has 0 spiro atoms. The van der Waals surface area contributed by atoms with Crippen LogP contribution in [-0.2, 0) is 30.2 Å². The predicted molar refractivity (Wildman–Crippen MR) is 119 cm³/mol. The standard InChI is InChI=1S/C19H17N3O7S3/c1-27-12(24)6-9-13(18(25)28-2)16(32-14(9)19(26)29-3)22-11(23)7-31-17-15-10(4-5-30-15)20-8-21-17/h4-5,8H,6-7H2,1-3H3,(H,22,23). The molecule has 3 aromatic rings. The molecule has 0 atom stereocenters. The van der Waals surface area contributed by atoms with E-state index in [2.05, 4.69) is 20.0 Å². The molecule has 0 aliphatic rings. The van der Waals surface area contributed by atoms with Crippen LogP contribution in [0.25, 0.3) is 10.2 Å². The third kappa shape index (κ3) is 5.06. The fourth-order valence-electron chi connectivity index (χ4n) is 2.68. The lowest BCUT2D eigenvalue weighted by Crippen LogP contribution is -2.17. The van der Waals surface area contributed by atoms with Gasteiger partial charge in [0.25, 0.3) is 0 Å². The number of hydrogen-bond donors (Lipinski definition) is 1. The zero-order valence-electron chi connectivity index (χ0n) is 17.1. The number of thioether (sulfide) groups is 1. The highest BCUT2D eigenvalue weighted by Crippen LogP contribution is 2.36. The quantitative estimate of drug-likeness (QED) is 0.215. The first-order chi connectivity index (χ1) is 15.4. The smallest absolute Gasteiger partial charge is 0.348 e. The Balaban J connectivity index is 1.87. The van der Waals surface area contributed by atoms with Crippen LogP contribution in [0.2, 0.25) is 0 Å². The summed E-state index contributed by atoms with van der Waals surface area (Å²) in [5, 5.41) is 5.24. The van der Waals surface area contributed by atoms with Crippen molar-refractivity contribution < 1.29 is 33.4 Å². The lowest BCUT2D eigenvalue weighted by atomic mass is 10.1. The number of nitrogens with zero attached hydrogens (tertiary/aromatic N) is 2. The third-order valence-corrected chi connectivity index (χ3v) is 7.28. The van der Waals surface area contributed by atoms with Gasteiger partial charge in [-0.3, -0.25) is 9.59 Å². The summed E-state index contributed by atoms with van der Waals surface area (Å²) in [6.07, 6.45) is 1.05. The zero-order valence-corrected chi connectivity index (χ0v) is 19.6. The number of thiophene rings is 2. The highest BCUT2D eigenvalue weighted by atomic mass is 32.2. The van der Waals surface area contributed by atoms with Gasteiger partial charge in [-0.05, 0) is 11.4 Å². The number of amides is 1. The van der Waals surface area contributed by atoms with Crippen molar-refractivity contribution in [3.8, 4) is 0 Å². The maximum Gasteiger partial charge on any atom is 0.348 e. The van der Waals surface area contributed by atoms with E-state index in [-0.39, 0.29) is 33.2 Å². The highest BCUT2D eigenvalue weighted by Gasteiger charge is 2.30. The van der Waals surface area contributed by atoms with Gasteiger partial charge in [-0.1, -0.05) is 11.8 Å². The van der Waals surface area contributed by atoms with Crippen molar-refractivity contribution in [3.05, 3.63) is 33.8 Å². The van der Waals surface area contributed by atoms with Gasteiger partial charge in [-0.2, -0.15) is 0 Å².